The van der Waals surface area contributed by atoms with Crippen molar-refractivity contribution >= 4 is 47.3 Å². The van der Waals surface area contributed by atoms with Crippen molar-refractivity contribution in [1.29, 1.82) is 0 Å². The highest BCUT2D eigenvalue weighted by atomic mass is 35.5. The molecule has 1 aromatic carbocycles. The van der Waals surface area contributed by atoms with E-state index < -0.39 is 16.9 Å². The number of halogens is 3. The van der Waals surface area contributed by atoms with E-state index in [4.69, 9.17) is 28.3 Å². The lowest BCUT2D eigenvalue weighted by molar-refractivity contribution is -0.385. The zero-order chi connectivity index (χ0) is 14.6. The van der Waals surface area contributed by atoms with Gasteiger partial charge in [0.1, 0.15) is 6.04 Å². The number of hydrogen-bond acceptors (Lipinski definition) is 4. The molecule has 0 spiro atoms. The van der Waals surface area contributed by atoms with Crippen LogP contribution in [0.15, 0.2) is 12.1 Å². The predicted molar refractivity (Wildman–Crippen MR) is 78.9 cm³/mol. The van der Waals surface area contributed by atoms with Crippen LogP contribution in [0.1, 0.15) is 18.9 Å². The Labute approximate surface area is 131 Å². The van der Waals surface area contributed by atoms with Gasteiger partial charge in [-0.25, -0.2) is 0 Å². The molecule has 1 unspecified atom stereocenters. The molecule has 1 atom stereocenters. The summed E-state index contributed by atoms with van der Waals surface area (Å²) in [6.45, 7) is 1.65. The van der Waals surface area contributed by atoms with Crippen molar-refractivity contribution in [3.05, 3.63) is 37.9 Å². The fraction of sp³-hybridized carbons (Fsp3) is 0.364. The monoisotopic (exact) mass is 342 g/mol. The molecule has 0 amide bonds. The molecule has 112 valence electrons. The smallest absolute Gasteiger partial charge is 0.320 e. The van der Waals surface area contributed by atoms with E-state index >= 15 is 0 Å². The third-order valence-corrected chi connectivity index (χ3v) is 3.44. The minimum Gasteiger partial charge on any atom is -0.480 e. The second-order valence-corrected chi connectivity index (χ2v) is 4.58. The summed E-state index contributed by atoms with van der Waals surface area (Å²) in [7, 11) is 0. The van der Waals surface area contributed by atoms with Crippen LogP contribution in [0.3, 0.4) is 0 Å². The maximum atomic E-state index is 10.9. The number of carbonyl (C=O) groups is 1. The number of nitro groups is 1. The summed E-state index contributed by atoms with van der Waals surface area (Å²) >= 11 is 11.7. The number of rotatable bonds is 6. The Morgan fingerprint density at radius 1 is 1.50 bits per heavy atom. The van der Waals surface area contributed by atoms with Gasteiger partial charge < -0.3 is 5.11 Å². The largest absolute Gasteiger partial charge is 0.480 e. The van der Waals surface area contributed by atoms with Crippen LogP contribution in [0.4, 0.5) is 5.69 Å². The van der Waals surface area contributed by atoms with Gasteiger partial charge in [-0.05, 0) is 12.5 Å². The average molecular weight is 344 g/mol. The number of hydrogen-bond donors (Lipinski definition) is 2. The van der Waals surface area contributed by atoms with E-state index in [2.05, 4.69) is 5.32 Å². The van der Waals surface area contributed by atoms with Gasteiger partial charge >= 0.3 is 5.97 Å². The molecular weight excluding hydrogens is 330 g/mol. The predicted octanol–water partition coefficient (Wildman–Crippen LogP) is 3.28. The lowest BCUT2D eigenvalue weighted by Crippen LogP contribution is -2.35. The molecule has 0 fully saturated rings. The molecule has 0 aliphatic rings. The molecule has 0 aliphatic carbocycles. The van der Waals surface area contributed by atoms with Crippen LogP contribution in [-0.2, 0) is 11.3 Å². The summed E-state index contributed by atoms with van der Waals surface area (Å²) in [6.07, 6.45) is 0.349. The number of nitrogens with zero attached hydrogens (tertiary/aromatic N) is 1. The van der Waals surface area contributed by atoms with Crippen molar-refractivity contribution < 1.29 is 14.8 Å². The summed E-state index contributed by atoms with van der Waals surface area (Å²) in [5, 5.41) is 22.7. The first-order valence-electron chi connectivity index (χ1n) is 5.45. The van der Waals surface area contributed by atoms with Crippen LogP contribution in [0.25, 0.3) is 0 Å². The molecule has 1 rings (SSSR count). The molecule has 0 aromatic heterocycles. The van der Waals surface area contributed by atoms with E-state index in [0.717, 1.165) is 0 Å². The molecule has 1 aromatic rings. The van der Waals surface area contributed by atoms with Gasteiger partial charge in [0.25, 0.3) is 5.69 Å². The van der Waals surface area contributed by atoms with Crippen LogP contribution in [0.5, 0.6) is 0 Å². The van der Waals surface area contributed by atoms with Crippen molar-refractivity contribution in [3.63, 3.8) is 0 Å². The van der Waals surface area contributed by atoms with Crippen molar-refractivity contribution in [3.8, 4) is 0 Å². The maximum Gasteiger partial charge on any atom is 0.320 e. The maximum absolute atomic E-state index is 10.9. The zero-order valence-corrected chi connectivity index (χ0v) is 12.8. The normalized spacial score (nSPS) is 11.6. The highest BCUT2D eigenvalue weighted by Crippen LogP contribution is 2.32. The molecule has 20 heavy (non-hydrogen) atoms. The van der Waals surface area contributed by atoms with E-state index in [1.165, 1.54) is 12.1 Å². The second-order valence-electron chi connectivity index (χ2n) is 3.80. The Morgan fingerprint density at radius 2 is 2.10 bits per heavy atom. The molecule has 0 bridgehead atoms. The van der Waals surface area contributed by atoms with Gasteiger partial charge in [0, 0.05) is 12.6 Å². The first-order chi connectivity index (χ1) is 8.88. The molecule has 6 nitrogen and oxygen atoms in total. The number of nitrogens with one attached hydrogen (secondary N) is 1. The summed E-state index contributed by atoms with van der Waals surface area (Å²) in [4.78, 5) is 21.2. The van der Waals surface area contributed by atoms with E-state index in [1.807, 2.05) is 0 Å². The summed E-state index contributed by atoms with van der Waals surface area (Å²) in [6, 6.07) is 1.78. The van der Waals surface area contributed by atoms with Gasteiger partial charge in [-0.3, -0.25) is 20.2 Å². The first-order valence-corrected chi connectivity index (χ1v) is 6.21. The van der Waals surface area contributed by atoms with E-state index in [1.54, 1.807) is 6.92 Å². The van der Waals surface area contributed by atoms with Crippen molar-refractivity contribution in [1.82, 2.24) is 5.32 Å². The Balaban J connectivity index is 0.00000361. The third kappa shape index (κ3) is 4.49. The molecule has 0 saturated heterocycles. The van der Waals surface area contributed by atoms with Gasteiger partial charge in [-0.15, -0.1) is 12.4 Å². The standard InChI is InChI=1S/C11H12Cl2N2O4.ClH/c1-2-8(11(16)17)14-5-6-9(15(18)19)4-3-7(12)10(6)13;/h3-4,8,14H,2,5H2,1H3,(H,16,17);1H. The minimum absolute atomic E-state index is 0. The van der Waals surface area contributed by atoms with Crippen LogP contribution in [0.2, 0.25) is 10.0 Å². The number of benzene rings is 1. The molecular formula is C11H13Cl3N2O4. The summed E-state index contributed by atoms with van der Waals surface area (Å²) < 4.78 is 0. The van der Waals surface area contributed by atoms with Crippen LogP contribution >= 0.6 is 35.6 Å². The van der Waals surface area contributed by atoms with Crippen LogP contribution < -0.4 is 5.32 Å². The van der Waals surface area contributed by atoms with Crippen molar-refractivity contribution in [2.24, 2.45) is 0 Å². The lowest BCUT2D eigenvalue weighted by atomic mass is 10.1. The van der Waals surface area contributed by atoms with E-state index in [9.17, 15) is 14.9 Å². The molecule has 0 saturated carbocycles. The Hall–Kier alpha value is -1.08. The van der Waals surface area contributed by atoms with Crippen molar-refractivity contribution in [2.75, 3.05) is 0 Å². The Bertz CT molecular complexity index is 511. The molecule has 2 N–H and O–H groups in total. The second kappa shape index (κ2) is 8.26. The lowest BCUT2D eigenvalue weighted by Gasteiger charge is -2.13. The number of nitro benzene ring substituents is 1. The summed E-state index contributed by atoms with van der Waals surface area (Å²) in [5.41, 5.74) is -0.0130. The molecule has 0 aliphatic heterocycles. The highest BCUT2D eigenvalue weighted by molar-refractivity contribution is 6.42. The van der Waals surface area contributed by atoms with Crippen LogP contribution in [0, 0.1) is 10.1 Å². The number of carboxylic acids is 1. The quantitative estimate of drug-likeness (QED) is 0.611. The number of aliphatic carboxylic acids is 1. The molecule has 9 heteroatoms. The SMILES string of the molecule is CCC(NCc1c([N+](=O)[O-])ccc(Cl)c1Cl)C(=O)O.Cl. The van der Waals surface area contributed by atoms with Gasteiger partial charge in [0.15, 0.2) is 0 Å². The van der Waals surface area contributed by atoms with Crippen LogP contribution in [-0.4, -0.2) is 22.0 Å². The third-order valence-electron chi connectivity index (χ3n) is 2.60. The highest BCUT2D eigenvalue weighted by Gasteiger charge is 2.21. The Kier molecular flexibility index (Phi) is 7.82. The summed E-state index contributed by atoms with van der Waals surface area (Å²) in [5.74, 6) is -1.02. The van der Waals surface area contributed by atoms with Gasteiger partial charge in [-0.1, -0.05) is 30.1 Å². The van der Waals surface area contributed by atoms with E-state index in [0.29, 0.717) is 6.42 Å². The van der Waals surface area contributed by atoms with Crippen molar-refractivity contribution in [2.45, 2.75) is 25.9 Å². The average Bonchev–Trinajstić information content (AvgIpc) is 2.34. The van der Waals surface area contributed by atoms with E-state index in [-0.39, 0.29) is 40.2 Å². The molecule has 0 heterocycles. The fourth-order valence-electron chi connectivity index (χ4n) is 1.55. The number of carboxylic acid groups (broad SMARTS) is 1. The molecule has 0 radical (unpaired) electrons. The van der Waals surface area contributed by atoms with Gasteiger partial charge in [-0.2, -0.15) is 0 Å². The topological polar surface area (TPSA) is 92.5 Å². The fourth-order valence-corrected chi connectivity index (χ4v) is 1.96. The Morgan fingerprint density at radius 3 is 2.55 bits per heavy atom. The van der Waals surface area contributed by atoms with Gasteiger partial charge in [0.05, 0.1) is 20.5 Å². The zero-order valence-electron chi connectivity index (χ0n) is 10.4. The minimum atomic E-state index is -1.02. The first kappa shape index (κ1) is 18.9. The van der Waals surface area contributed by atoms with Gasteiger partial charge in [0.2, 0.25) is 0 Å².